The van der Waals surface area contributed by atoms with Gasteiger partial charge in [-0.05, 0) is 30.7 Å². The fourth-order valence-corrected chi connectivity index (χ4v) is 2.38. The summed E-state index contributed by atoms with van der Waals surface area (Å²) in [5.74, 6) is 0. The minimum Gasteiger partial charge on any atom is -0.330 e. The van der Waals surface area contributed by atoms with Crippen LogP contribution in [0.1, 0.15) is 17.2 Å². The highest BCUT2D eigenvalue weighted by Crippen LogP contribution is 2.25. The summed E-state index contributed by atoms with van der Waals surface area (Å²) in [6, 6.07) is 6.28. The zero-order valence-electron chi connectivity index (χ0n) is 7.93. The zero-order valence-corrected chi connectivity index (χ0v) is 9.50. The Bertz CT molecular complexity index is 415. The van der Waals surface area contributed by atoms with Gasteiger partial charge in [0.2, 0.25) is 0 Å². The molecule has 0 saturated carbocycles. The fraction of sp³-hybridized carbons (Fsp3) is 0.333. The maximum atomic E-state index is 11.1. The molecule has 1 atom stereocenters. The van der Waals surface area contributed by atoms with E-state index >= 15 is 0 Å². The first-order valence-corrected chi connectivity index (χ1v) is 6.25. The van der Waals surface area contributed by atoms with Crippen molar-refractivity contribution in [3.8, 4) is 0 Å². The Kier molecular flexibility index (Phi) is 4.10. The van der Waals surface area contributed by atoms with Crippen molar-refractivity contribution >= 4 is 21.7 Å². The van der Waals surface area contributed by atoms with E-state index < -0.39 is 15.4 Å². The number of rotatable bonds is 4. The zero-order chi connectivity index (χ0) is 11.5. The second kappa shape index (κ2) is 4.94. The fourth-order valence-electron chi connectivity index (χ4n) is 1.32. The van der Waals surface area contributed by atoms with E-state index in [1.54, 1.807) is 24.3 Å². The topological polar surface area (TPSA) is 80.4 Å². The molecule has 4 nitrogen and oxygen atoms in total. The molecule has 0 aliphatic carbocycles. The molecule has 1 unspecified atom stereocenters. The Balaban J connectivity index is 3.05. The summed E-state index contributed by atoms with van der Waals surface area (Å²) in [6.07, 6.45) is 0.181. The minimum atomic E-state index is -4.12. The average Bonchev–Trinajstić information content (AvgIpc) is 2.14. The number of hydrogen-bond acceptors (Lipinski definition) is 3. The van der Waals surface area contributed by atoms with E-state index in [2.05, 4.69) is 0 Å². The molecule has 0 aromatic heterocycles. The summed E-state index contributed by atoms with van der Waals surface area (Å²) in [4.78, 5) is 0. The molecule has 15 heavy (non-hydrogen) atoms. The van der Waals surface area contributed by atoms with Gasteiger partial charge >= 0.3 is 0 Å². The number of nitrogens with two attached hydrogens (primary N) is 1. The molecule has 6 heteroatoms. The van der Waals surface area contributed by atoms with Crippen molar-refractivity contribution in [2.24, 2.45) is 5.73 Å². The lowest BCUT2D eigenvalue weighted by molar-refractivity contribution is 0.464. The van der Waals surface area contributed by atoms with Crippen molar-refractivity contribution in [1.29, 1.82) is 0 Å². The maximum absolute atomic E-state index is 11.1. The van der Waals surface area contributed by atoms with Gasteiger partial charge in [0.25, 0.3) is 10.1 Å². The van der Waals surface area contributed by atoms with Crippen LogP contribution in [0, 0.1) is 0 Å². The molecule has 1 rings (SSSR count). The lowest BCUT2D eigenvalue weighted by Crippen LogP contribution is -2.16. The van der Waals surface area contributed by atoms with E-state index in [0.717, 1.165) is 0 Å². The summed E-state index contributed by atoms with van der Waals surface area (Å²) in [7, 11) is -4.12. The highest BCUT2D eigenvalue weighted by Gasteiger charge is 2.23. The van der Waals surface area contributed by atoms with Crippen molar-refractivity contribution in [2.45, 2.75) is 11.7 Å². The van der Waals surface area contributed by atoms with Crippen molar-refractivity contribution in [3.05, 3.63) is 34.9 Å². The molecule has 1 aromatic carbocycles. The Morgan fingerprint density at radius 3 is 2.27 bits per heavy atom. The first-order chi connectivity index (χ1) is 6.95. The first-order valence-electron chi connectivity index (χ1n) is 4.37. The highest BCUT2D eigenvalue weighted by atomic mass is 35.5. The minimum absolute atomic E-state index is 0.181. The third kappa shape index (κ3) is 3.46. The van der Waals surface area contributed by atoms with Crippen molar-refractivity contribution < 1.29 is 13.0 Å². The Labute approximate surface area is 93.8 Å². The lowest BCUT2D eigenvalue weighted by atomic mass is 10.1. The van der Waals surface area contributed by atoms with Crippen LogP contribution in [0.25, 0.3) is 0 Å². The van der Waals surface area contributed by atoms with E-state index in [4.69, 9.17) is 21.9 Å². The Hall–Kier alpha value is -0.620. The van der Waals surface area contributed by atoms with Crippen molar-refractivity contribution in [3.63, 3.8) is 0 Å². The normalized spacial score (nSPS) is 13.8. The molecule has 0 bridgehead atoms. The van der Waals surface area contributed by atoms with Gasteiger partial charge in [-0.25, -0.2) is 0 Å². The number of hydrogen-bond donors (Lipinski definition) is 2. The van der Waals surface area contributed by atoms with E-state index in [0.29, 0.717) is 10.6 Å². The summed E-state index contributed by atoms with van der Waals surface area (Å²) in [6.45, 7) is 0.188. The number of halogens is 1. The highest BCUT2D eigenvalue weighted by molar-refractivity contribution is 7.86. The number of benzene rings is 1. The second-order valence-corrected chi connectivity index (χ2v) is 5.17. The summed E-state index contributed by atoms with van der Waals surface area (Å²) < 4.78 is 31.2. The molecule has 3 N–H and O–H groups in total. The van der Waals surface area contributed by atoms with Gasteiger partial charge in [-0.1, -0.05) is 23.7 Å². The van der Waals surface area contributed by atoms with Gasteiger partial charge < -0.3 is 5.73 Å². The lowest BCUT2D eigenvalue weighted by Gasteiger charge is -2.12. The quantitative estimate of drug-likeness (QED) is 0.795. The average molecular weight is 250 g/mol. The Morgan fingerprint density at radius 2 is 1.87 bits per heavy atom. The first kappa shape index (κ1) is 12.4. The SMILES string of the molecule is NCCC(c1ccc(Cl)cc1)S(=O)(=O)O. The van der Waals surface area contributed by atoms with Gasteiger partial charge in [-0.15, -0.1) is 0 Å². The van der Waals surface area contributed by atoms with Crippen LogP contribution in [0.2, 0.25) is 5.02 Å². The van der Waals surface area contributed by atoms with E-state index in [9.17, 15) is 8.42 Å². The van der Waals surface area contributed by atoms with Gasteiger partial charge in [0.15, 0.2) is 0 Å². The summed E-state index contributed by atoms with van der Waals surface area (Å²) >= 11 is 5.67. The second-order valence-electron chi connectivity index (χ2n) is 3.13. The predicted molar refractivity (Wildman–Crippen MR) is 59.4 cm³/mol. The molecule has 0 spiro atoms. The molecule has 1 aromatic rings. The van der Waals surface area contributed by atoms with Gasteiger partial charge in [-0.2, -0.15) is 8.42 Å². The molecule has 0 aliphatic heterocycles. The third-order valence-electron chi connectivity index (χ3n) is 2.03. The van der Waals surface area contributed by atoms with Crippen LogP contribution in [-0.4, -0.2) is 19.5 Å². The van der Waals surface area contributed by atoms with E-state index in [1.165, 1.54) is 0 Å². The predicted octanol–water partition coefficient (Wildman–Crippen LogP) is 1.62. The standard InChI is InChI=1S/C9H12ClNO3S/c10-8-3-1-7(2-4-8)9(5-6-11)15(12,13)14/h1-4,9H,5-6,11H2,(H,12,13,14). The van der Waals surface area contributed by atoms with Gasteiger partial charge in [0.05, 0.1) is 0 Å². The summed E-state index contributed by atoms with van der Waals surface area (Å²) in [5.41, 5.74) is 5.78. The van der Waals surface area contributed by atoms with Crippen molar-refractivity contribution in [2.75, 3.05) is 6.54 Å². The van der Waals surface area contributed by atoms with Crippen LogP contribution < -0.4 is 5.73 Å². The van der Waals surface area contributed by atoms with Crippen molar-refractivity contribution in [1.82, 2.24) is 0 Å². The molecule has 0 heterocycles. The monoisotopic (exact) mass is 249 g/mol. The van der Waals surface area contributed by atoms with Crippen LogP contribution in [0.5, 0.6) is 0 Å². The molecule has 0 amide bonds. The smallest absolute Gasteiger partial charge is 0.272 e. The van der Waals surface area contributed by atoms with Crippen LogP contribution in [0.4, 0.5) is 0 Å². The van der Waals surface area contributed by atoms with Crippen LogP contribution >= 0.6 is 11.6 Å². The van der Waals surface area contributed by atoms with Crippen LogP contribution in [-0.2, 0) is 10.1 Å². The van der Waals surface area contributed by atoms with Gasteiger partial charge in [0.1, 0.15) is 5.25 Å². The largest absolute Gasteiger partial charge is 0.330 e. The summed E-state index contributed by atoms with van der Waals surface area (Å²) in [5, 5.41) is -0.458. The molecule has 84 valence electrons. The molecular weight excluding hydrogens is 238 g/mol. The van der Waals surface area contributed by atoms with Crippen LogP contribution in [0.15, 0.2) is 24.3 Å². The maximum Gasteiger partial charge on any atom is 0.272 e. The molecule has 0 aliphatic rings. The Morgan fingerprint density at radius 1 is 1.33 bits per heavy atom. The third-order valence-corrected chi connectivity index (χ3v) is 3.51. The van der Waals surface area contributed by atoms with Gasteiger partial charge in [0, 0.05) is 5.02 Å². The van der Waals surface area contributed by atoms with Crippen LogP contribution in [0.3, 0.4) is 0 Å². The molecular formula is C9H12ClNO3S. The molecule has 0 saturated heterocycles. The van der Waals surface area contributed by atoms with E-state index in [1.807, 2.05) is 0 Å². The van der Waals surface area contributed by atoms with E-state index in [-0.39, 0.29) is 13.0 Å². The molecule has 0 radical (unpaired) electrons. The molecule has 0 fully saturated rings. The van der Waals surface area contributed by atoms with Gasteiger partial charge in [-0.3, -0.25) is 4.55 Å².